The minimum Gasteiger partial charge on any atom is -0.456 e. The van der Waals surface area contributed by atoms with Crippen molar-refractivity contribution in [1.82, 2.24) is 19.5 Å². The smallest absolute Gasteiger partial charge is 0.164 e. The Kier molecular flexibility index (Phi) is 7.03. The first-order valence-corrected chi connectivity index (χ1v) is 19.8. The maximum atomic E-state index is 6.62. The van der Waals surface area contributed by atoms with Crippen LogP contribution in [0.25, 0.3) is 115 Å². The number of benzene rings is 8. The zero-order valence-electron chi connectivity index (χ0n) is 30.4. The summed E-state index contributed by atoms with van der Waals surface area (Å²) in [6.45, 7) is 0. The molecule has 12 aromatic rings. The van der Waals surface area contributed by atoms with Crippen molar-refractivity contribution >= 4 is 75.3 Å². The molecular formula is C51H30N4OS. The van der Waals surface area contributed by atoms with Gasteiger partial charge < -0.3 is 8.98 Å². The van der Waals surface area contributed by atoms with Gasteiger partial charge in [-0.3, -0.25) is 0 Å². The predicted molar refractivity (Wildman–Crippen MR) is 236 cm³/mol. The number of aromatic nitrogens is 4. The minimum atomic E-state index is 0.596. The normalized spacial score (nSPS) is 11.9. The number of rotatable bonds is 5. The second-order valence-electron chi connectivity index (χ2n) is 14.3. The number of nitrogens with zero attached hydrogens (tertiary/aromatic N) is 4. The number of thiophene rings is 1. The molecule has 0 aliphatic heterocycles. The summed E-state index contributed by atoms with van der Waals surface area (Å²) in [7, 11) is 0. The summed E-state index contributed by atoms with van der Waals surface area (Å²) in [5, 5.41) is 6.94. The highest BCUT2D eigenvalue weighted by Crippen LogP contribution is 2.47. The number of hydrogen-bond acceptors (Lipinski definition) is 5. The van der Waals surface area contributed by atoms with E-state index in [0.29, 0.717) is 17.5 Å². The van der Waals surface area contributed by atoms with E-state index in [9.17, 15) is 0 Å². The Morgan fingerprint density at radius 2 is 1.02 bits per heavy atom. The molecule has 0 unspecified atom stereocenters. The molecule has 0 radical (unpaired) electrons. The summed E-state index contributed by atoms with van der Waals surface area (Å²) >= 11 is 1.84. The average molecular weight is 747 g/mol. The molecular weight excluding hydrogens is 717 g/mol. The van der Waals surface area contributed by atoms with Gasteiger partial charge in [0.15, 0.2) is 17.5 Å². The molecule has 6 heteroatoms. The highest BCUT2D eigenvalue weighted by molar-refractivity contribution is 7.26. The van der Waals surface area contributed by atoms with Gasteiger partial charge in [0.25, 0.3) is 0 Å². The van der Waals surface area contributed by atoms with Crippen LogP contribution in [0.1, 0.15) is 0 Å². The van der Waals surface area contributed by atoms with E-state index in [-0.39, 0.29) is 0 Å². The van der Waals surface area contributed by atoms with Crippen LogP contribution in [0.2, 0.25) is 0 Å². The molecule has 4 heterocycles. The van der Waals surface area contributed by atoms with Gasteiger partial charge >= 0.3 is 0 Å². The van der Waals surface area contributed by atoms with E-state index in [1.807, 2.05) is 84.1 Å². The molecule has 57 heavy (non-hydrogen) atoms. The van der Waals surface area contributed by atoms with Gasteiger partial charge in [-0.05, 0) is 54.1 Å². The zero-order valence-corrected chi connectivity index (χ0v) is 31.2. The number of para-hydroxylation sites is 2. The first-order chi connectivity index (χ1) is 28.3. The Morgan fingerprint density at radius 3 is 1.72 bits per heavy atom. The van der Waals surface area contributed by atoms with Crippen molar-refractivity contribution in [3.63, 3.8) is 0 Å². The highest BCUT2D eigenvalue weighted by atomic mass is 32.1. The maximum Gasteiger partial charge on any atom is 0.164 e. The second kappa shape index (κ2) is 12.6. The molecule has 0 amide bonds. The Labute approximate surface area is 330 Å². The summed E-state index contributed by atoms with van der Waals surface area (Å²) in [4.78, 5) is 15.2. The summed E-state index contributed by atoms with van der Waals surface area (Å²) in [5.74, 6) is 1.84. The standard InChI is InChI=1S/C51H30N4OS/c1-3-14-31(15-4-1)49-52-50(32-16-5-2-6-17-32)54-51(53-49)37-21-13-24-43-47(37)38-30-33(26-28-42(38)56-43)46-41(27-29-45-48(46)36-20-9-12-25-44(36)57-45)55-39-22-10-7-18-34(39)35-19-8-11-23-40(35)55/h1-30H. The van der Waals surface area contributed by atoms with Crippen molar-refractivity contribution in [3.05, 3.63) is 182 Å². The molecule has 0 bridgehead atoms. The van der Waals surface area contributed by atoms with Crippen molar-refractivity contribution in [1.29, 1.82) is 0 Å². The molecule has 4 aromatic heterocycles. The molecule has 0 fully saturated rings. The van der Waals surface area contributed by atoms with Gasteiger partial charge in [0, 0.05) is 64.0 Å². The Morgan fingerprint density at radius 1 is 0.404 bits per heavy atom. The summed E-state index contributed by atoms with van der Waals surface area (Å²) in [6.07, 6.45) is 0. The van der Waals surface area contributed by atoms with Gasteiger partial charge in [-0.15, -0.1) is 11.3 Å². The number of furan rings is 1. The van der Waals surface area contributed by atoms with Gasteiger partial charge in [-0.1, -0.05) is 133 Å². The van der Waals surface area contributed by atoms with Crippen molar-refractivity contribution in [2.45, 2.75) is 0 Å². The monoisotopic (exact) mass is 746 g/mol. The van der Waals surface area contributed by atoms with Crippen molar-refractivity contribution in [2.75, 3.05) is 0 Å². The van der Waals surface area contributed by atoms with Crippen molar-refractivity contribution in [2.24, 2.45) is 0 Å². The van der Waals surface area contributed by atoms with Gasteiger partial charge in [-0.25, -0.2) is 15.0 Å². The molecule has 0 aliphatic rings. The lowest BCUT2D eigenvalue weighted by molar-refractivity contribution is 0.669. The molecule has 266 valence electrons. The van der Waals surface area contributed by atoms with Crippen LogP contribution in [0.3, 0.4) is 0 Å². The lowest BCUT2D eigenvalue weighted by atomic mass is 9.95. The lowest BCUT2D eigenvalue weighted by Crippen LogP contribution is -2.00. The predicted octanol–water partition coefficient (Wildman–Crippen LogP) is 13.9. The van der Waals surface area contributed by atoms with Gasteiger partial charge in [-0.2, -0.15) is 0 Å². The fraction of sp³-hybridized carbons (Fsp3) is 0. The van der Waals surface area contributed by atoms with Crippen LogP contribution >= 0.6 is 11.3 Å². The summed E-state index contributed by atoms with van der Waals surface area (Å²) in [5.41, 5.74) is 10.1. The van der Waals surface area contributed by atoms with Crippen LogP contribution in [0, 0.1) is 0 Å². The van der Waals surface area contributed by atoms with Crippen LogP contribution in [0.5, 0.6) is 0 Å². The third-order valence-corrected chi connectivity index (χ3v) is 12.2. The molecule has 8 aromatic carbocycles. The van der Waals surface area contributed by atoms with Crippen LogP contribution < -0.4 is 0 Å². The average Bonchev–Trinajstić information content (AvgIpc) is 3.96. The van der Waals surface area contributed by atoms with Crippen LogP contribution in [0.4, 0.5) is 0 Å². The fourth-order valence-corrected chi connectivity index (χ4v) is 9.68. The number of hydrogen-bond donors (Lipinski definition) is 0. The lowest BCUT2D eigenvalue weighted by Gasteiger charge is -2.16. The molecule has 0 atom stereocenters. The van der Waals surface area contributed by atoms with E-state index >= 15 is 0 Å². The third kappa shape index (κ3) is 4.98. The zero-order chi connectivity index (χ0) is 37.5. The topological polar surface area (TPSA) is 56.7 Å². The van der Waals surface area contributed by atoms with Crippen LogP contribution in [-0.4, -0.2) is 19.5 Å². The van der Waals surface area contributed by atoms with E-state index in [2.05, 4.69) is 114 Å². The number of fused-ring (bicyclic) bond motifs is 9. The van der Waals surface area contributed by atoms with Gasteiger partial charge in [0.2, 0.25) is 0 Å². The van der Waals surface area contributed by atoms with Gasteiger partial charge in [0.1, 0.15) is 11.2 Å². The summed E-state index contributed by atoms with van der Waals surface area (Å²) in [6, 6.07) is 63.8. The van der Waals surface area contributed by atoms with Crippen molar-refractivity contribution in [3.8, 4) is 51.0 Å². The Balaban J connectivity index is 1.15. The van der Waals surface area contributed by atoms with Crippen LogP contribution in [0.15, 0.2) is 186 Å². The Bertz CT molecular complexity index is 3420. The van der Waals surface area contributed by atoms with E-state index in [0.717, 1.165) is 49.9 Å². The molecule has 0 N–H and O–H groups in total. The molecule has 0 spiro atoms. The van der Waals surface area contributed by atoms with E-state index in [1.54, 1.807) is 0 Å². The van der Waals surface area contributed by atoms with E-state index in [4.69, 9.17) is 19.4 Å². The molecule has 0 saturated heterocycles. The molecule has 5 nitrogen and oxygen atoms in total. The first kappa shape index (κ1) is 31.9. The second-order valence-corrected chi connectivity index (χ2v) is 15.4. The fourth-order valence-electron chi connectivity index (χ4n) is 8.56. The minimum absolute atomic E-state index is 0.596. The molecule has 0 aliphatic carbocycles. The van der Waals surface area contributed by atoms with Gasteiger partial charge in [0.05, 0.1) is 16.7 Å². The maximum absolute atomic E-state index is 6.62. The summed E-state index contributed by atoms with van der Waals surface area (Å²) < 4.78 is 11.6. The van der Waals surface area contributed by atoms with Crippen LogP contribution in [-0.2, 0) is 0 Å². The van der Waals surface area contributed by atoms with E-state index < -0.39 is 0 Å². The van der Waals surface area contributed by atoms with E-state index in [1.165, 1.54) is 47.5 Å². The quantitative estimate of drug-likeness (QED) is 0.176. The highest BCUT2D eigenvalue weighted by Gasteiger charge is 2.23. The Hall–Kier alpha value is -7.41. The van der Waals surface area contributed by atoms with Crippen molar-refractivity contribution < 1.29 is 4.42 Å². The molecule has 12 rings (SSSR count). The third-order valence-electron chi connectivity index (χ3n) is 11.1. The first-order valence-electron chi connectivity index (χ1n) is 19.0. The molecule has 0 saturated carbocycles. The SMILES string of the molecule is c1ccc(-c2nc(-c3ccccc3)nc(-c3cccc4oc5ccc(-c6c(-n7c8ccccc8c8ccccc87)ccc7sc8ccccc8c67)cc5c34)n2)cc1. The largest absolute Gasteiger partial charge is 0.456 e.